The summed E-state index contributed by atoms with van der Waals surface area (Å²) in [6.45, 7) is 6.05. The van der Waals surface area contributed by atoms with Gasteiger partial charge in [-0.25, -0.2) is 4.98 Å². The number of nitro groups is 1. The zero-order valence-corrected chi connectivity index (χ0v) is 12.7. The molecule has 0 aliphatic carbocycles. The topological polar surface area (TPSA) is 109 Å². The van der Waals surface area contributed by atoms with E-state index in [-0.39, 0.29) is 23.6 Å². The van der Waals surface area contributed by atoms with Crippen molar-refractivity contribution in [3.05, 3.63) is 22.2 Å². The molecule has 0 radical (unpaired) electrons. The highest BCUT2D eigenvalue weighted by Gasteiger charge is 2.14. The lowest BCUT2D eigenvalue weighted by Crippen LogP contribution is -2.41. The van der Waals surface area contributed by atoms with Gasteiger partial charge in [-0.2, -0.15) is 0 Å². The number of hydrogen-bond acceptors (Lipinski definition) is 6. The van der Waals surface area contributed by atoms with Crippen molar-refractivity contribution >= 4 is 23.2 Å². The molecule has 1 aromatic heterocycles. The van der Waals surface area contributed by atoms with Crippen molar-refractivity contribution in [1.29, 1.82) is 0 Å². The SMILES string of the molecule is CNc1cc([N+](=O)[O-])cc(NCCC(=O)NC(C)(C)C)n1. The Morgan fingerprint density at radius 3 is 2.48 bits per heavy atom. The van der Waals surface area contributed by atoms with Crippen LogP contribution >= 0.6 is 0 Å². The summed E-state index contributed by atoms with van der Waals surface area (Å²) in [4.78, 5) is 26.1. The van der Waals surface area contributed by atoms with E-state index in [0.717, 1.165) is 0 Å². The molecule has 0 fully saturated rings. The summed E-state index contributed by atoms with van der Waals surface area (Å²) in [7, 11) is 1.63. The van der Waals surface area contributed by atoms with Gasteiger partial charge in [0.2, 0.25) is 5.91 Å². The second-order valence-electron chi connectivity index (χ2n) is 5.58. The van der Waals surface area contributed by atoms with Crippen molar-refractivity contribution in [3.63, 3.8) is 0 Å². The van der Waals surface area contributed by atoms with Gasteiger partial charge in [-0.3, -0.25) is 14.9 Å². The second kappa shape index (κ2) is 6.87. The van der Waals surface area contributed by atoms with Crippen LogP contribution in [0, 0.1) is 10.1 Å². The summed E-state index contributed by atoms with van der Waals surface area (Å²) in [5.41, 5.74) is -0.337. The van der Waals surface area contributed by atoms with E-state index in [4.69, 9.17) is 0 Å². The van der Waals surface area contributed by atoms with Crippen LogP contribution in [0.5, 0.6) is 0 Å². The number of carbonyl (C=O) groups excluding carboxylic acids is 1. The van der Waals surface area contributed by atoms with Gasteiger partial charge < -0.3 is 16.0 Å². The Labute approximate surface area is 123 Å². The van der Waals surface area contributed by atoms with Crippen LogP contribution in [0.1, 0.15) is 27.2 Å². The number of nitrogens with zero attached hydrogens (tertiary/aromatic N) is 2. The molecule has 0 atom stereocenters. The van der Waals surface area contributed by atoms with Crippen LogP contribution in [0.4, 0.5) is 17.3 Å². The van der Waals surface area contributed by atoms with Gasteiger partial charge >= 0.3 is 0 Å². The summed E-state index contributed by atoms with van der Waals surface area (Å²) in [6, 6.07) is 2.68. The molecule has 0 bridgehead atoms. The van der Waals surface area contributed by atoms with Crippen molar-refractivity contribution in [2.75, 3.05) is 24.2 Å². The Morgan fingerprint density at radius 2 is 1.95 bits per heavy atom. The monoisotopic (exact) mass is 295 g/mol. The molecule has 0 aromatic carbocycles. The van der Waals surface area contributed by atoms with Crippen molar-refractivity contribution in [3.8, 4) is 0 Å². The minimum absolute atomic E-state index is 0.0593. The van der Waals surface area contributed by atoms with Crippen molar-refractivity contribution in [1.82, 2.24) is 10.3 Å². The third-order valence-corrected chi connectivity index (χ3v) is 2.45. The molecule has 0 aliphatic rings. The minimum Gasteiger partial charge on any atom is -0.373 e. The normalized spacial score (nSPS) is 10.9. The quantitative estimate of drug-likeness (QED) is 0.545. The third kappa shape index (κ3) is 6.07. The highest BCUT2D eigenvalue weighted by molar-refractivity contribution is 5.77. The van der Waals surface area contributed by atoms with Gasteiger partial charge in [0, 0.05) is 25.6 Å². The predicted molar refractivity (Wildman–Crippen MR) is 81.4 cm³/mol. The van der Waals surface area contributed by atoms with Crippen LogP contribution in [-0.4, -0.2) is 34.9 Å². The van der Waals surface area contributed by atoms with Gasteiger partial charge in [-0.15, -0.1) is 0 Å². The van der Waals surface area contributed by atoms with E-state index < -0.39 is 4.92 Å². The second-order valence-corrected chi connectivity index (χ2v) is 5.58. The van der Waals surface area contributed by atoms with Gasteiger partial charge in [-0.1, -0.05) is 0 Å². The fourth-order valence-corrected chi connectivity index (χ4v) is 1.63. The van der Waals surface area contributed by atoms with Gasteiger partial charge in [0.15, 0.2) is 0 Å². The Morgan fingerprint density at radius 1 is 1.33 bits per heavy atom. The maximum Gasteiger partial charge on any atom is 0.276 e. The van der Waals surface area contributed by atoms with Crippen molar-refractivity contribution in [2.24, 2.45) is 0 Å². The fraction of sp³-hybridized carbons (Fsp3) is 0.538. The highest BCUT2D eigenvalue weighted by atomic mass is 16.6. The summed E-state index contributed by atoms with van der Waals surface area (Å²) in [6.07, 6.45) is 0.260. The number of rotatable bonds is 6. The molecular formula is C13H21N5O3. The number of nitrogens with one attached hydrogen (secondary N) is 3. The zero-order valence-electron chi connectivity index (χ0n) is 12.7. The Kier molecular flexibility index (Phi) is 5.45. The first-order valence-electron chi connectivity index (χ1n) is 6.60. The van der Waals surface area contributed by atoms with Crippen LogP contribution in [0.15, 0.2) is 12.1 Å². The molecule has 3 N–H and O–H groups in total. The fourth-order valence-electron chi connectivity index (χ4n) is 1.63. The average molecular weight is 295 g/mol. The van der Waals surface area contributed by atoms with Crippen molar-refractivity contribution < 1.29 is 9.72 Å². The summed E-state index contributed by atoms with van der Waals surface area (Å²) < 4.78 is 0. The van der Waals surface area contributed by atoms with E-state index in [1.807, 2.05) is 20.8 Å². The molecule has 0 spiro atoms. The molecule has 1 heterocycles. The maximum atomic E-state index is 11.7. The first-order chi connectivity index (χ1) is 9.71. The predicted octanol–water partition coefficient (Wildman–Crippen LogP) is 1.75. The minimum atomic E-state index is -0.486. The van der Waals surface area contributed by atoms with Crippen LogP contribution < -0.4 is 16.0 Å². The standard InChI is InChI=1S/C13H21N5O3/c1-13(2,3)17-12(19)5-6-15-11-8-9(18(20)21)7-10(14-4)16-11/h7-8H,5-6H2,1-4H3,(H,17,19)(H2,14,15,16). The number of amides is 1. The van der Waals surface area contributed by atoms with E-state index in [2.05, 4.69) is 20.9 Å². The average Bonchev–Trinajstić information content (AvgIpc) is 2.36. The number of pyridine rings is 1. The maximum absolute atomic E-state index is 11.7. The molecule has 0 aliphatic heterocycles. The van der Waals surface area contributed by atoms with E-state index in [0.29, 0.717) is 18.2 Å². The van der Waals surface area contributed by atoms with Crippen LogP contribution in [-0.2, 0) is 4.79 Å². The third-order valence-electron chi connectivity index (χ3n) is 2.45. The Bertz CT molecular complexity index is 525. The number of anilines is 2. The summed E-state index contributed by atoms with van der Waals surface area (Å²) >= 11 is 0. The lowest BCUT2D eigenvalue weighted by atomic mass is 10.1. The molecule has 1 aromatic rings. The Hall–Kier alpha value is -2.38. The molecule has 21 heavy (non-hydrogen) atoms. The highest BCUT2D eigenvalue weighted by Crippen LogP contribution is 2.20. The van der Waals surface area contributed by atoms with E-state index in [1.54, 1.807) is 7.05 Å². The molecule has 1 amide bonds. The first-order valence-corrected chi connectivity index (χ1v) is 6.60. The number of hydrogen-bond donors (Lipinski definition) is 3. The van der Waals surface area contributed by atoms with Gasteiger partial charge in [0.05, 0.1) is 17.1 Å². The van der Waals surface area contributed by atoms with E-state index >= 15 is 0 Å². The molecule has 116 valence electrons. The van der Waals surface area contributed by atoms with Crippen LogP contribution in [0.3, 0.4) is 0 Å². The lowest BCUT2D eigenvalue weighted by Gasteiger charge is -2.20. The lowest BCUT2D eigenvalue weighted by molar-refractivity contribution is -0.384. The molecule has 0 unspecified atom stereocenters. The largest absolute Gasteiger partial charge is 0.373 e. The van der Waals surface area contributed by atoms with Gasteiger partial charge in [0.25, 0.3) is 5.69 Å². The summed E-state index contributed by atoms with van der Waals surface area (Å²) in [5.74, 6) is 0.664. The molecule has 1 rings (SSSR count). The number of aromatic nitrogens is 1. The van der Waals surface area contributed by atoms with Crippen LogP contribution in [0.2, 0.25) is 0 Å². The molecule has 8 nitrogen and oxygen atoms in total. The van der Waals surface area contributed by atoms with E-state index in [1.165, 1.54) is 12.1 Å². The first kappa shape index (κ1) is 16.7. The van der Waals surface area contributed by atoms with Gasteiger partial charge in [0.1, 0.15) is 11.6 Å². The molecule has 0 saturated carbocycles. The van der Waals surface area contributed by atoms with Crippen molar-refractivity contribution in [2.45, 2.75) is 32.7 Å². The van der Waals surface area contributed by atoms with Gasteiger partial charge in [-0.05, 0) is 20.8 Å². The number of carbonyl (C=O) groups is 1. The Balaban J connectivity index is 2.61. The molecular weight excluding hydrogens is 274 g/mol. The van der Waals surface area contributed by atoms with E-state index in [9.17, 15) is 14.9 Å². The smallest absolute Gasteiger partial charge is 0.276 e. The van der Waals surface area contributed by atoms with Crippen LogP contribution in [0.25, 0.3) is 0 Å². The zero-order chi connectivity index (χ0) is 16.0. The summed E-state index contributed by atoms with van der Waals surface area (Å²) in [5, 5.41) is 19.3. The molecule has 0 saturated heterocycles. The molecule has 8 heteroatoms.